The molecule has 1 aromatic carbocycles. The Hall–Kier alpha value is -2.14. The van der Waals surface area contributed by atoms with Gasteiger partial charge in [0.15, 0.2) is 0 Å². The maximum absolute atomic E-state index is 5.74. The second kappa shape index (κ2) is 6.96. The summed E-state index contributed by atoms with van der Waals surface area (Å²) in [6.45, 7) is 4.68. The summed E-state index contributed by atoms with van der Waals surface area (Å²) in [4.78, 5) is 10.9. The van der Waals surface area contributed by atoms with Gasteiger partial charge in [0.1, 0.15) is 0 Å². The number of rotatable bonds is 4. The normalized spacial score (nSPS) is 17.0. The van der Waals surface area contributed by atoms with Crippen LogP contribution in [-0.4, -0.2) is 35.1 Å². The van der Waals surface area contributed by atoms with Crippen molar-refractivity contribution < 1.29 is 4.74 Å². The SMILES string of the molecule is COc1cc(-c2ccc(C(C)N3CCCCC3)cc2)nc(N)n1. The monoisotopic (exact) mass is 312 g/mol. The lowest BCUT2D eigenvalue weighted by molar-refractivity contribution is 0.175. The molecule has 5 heteroatoms. The number of nitrogen functional groups attached to an aromatic ring is 1. The van der Waals surface area contributed by atoms with E-state index < -0.39 is 0 Å². The molecule has 3 rings (SSSR count). The number of methoxy groups -OCH3 is 1. The first-order valence-electron chi connectivity index (χ1n) is 8.20. The fourth-order valence-electron chi connectivity index (χ4n) is 3.14. The van der Waals surface area contributed by atoms with Gasteiger partial charge in [-0.25, -0.2) is 4.98 Å². The third kappa shape index (κ3) is 3.62. The predicted molar refractivity (Wildman–Crippen MR) is 92.3 cm³/mol. The highest BCUT2D eigenvalue weighted by Crippen LogP contribution is 2.27. The molecule has 1 unspecified atom stereocenters. The number of nitrogens with zero attached hydrogens (tertiary/aromatic N) is 3. The highest BCUT2D eigenvalue weighted by Gasteiger charge is 2.18. The van der Waals surface area contributed by atoms with E-state index in [0.717, 1.165) is 11.3 Å². The van der Waals surface area contributed by atoms with Gasteiger partial charge in [-0.1, -0.05) is 30.7 Å². The van der Waals surface area contributed by atoms with Crippen molar-refractivity contribution in [2.45, 2.75) is 32.2 Å². The van der Waals surface area contributed by atoms with E-state index in [1.807, 2.05) is 0 Å². The molecule has 1 aromatic heterocycles. The van der Waals surface area contributed by atoms with Gasteiger partial charge in [0, 0.05) is 17.7 Å². The number of aromatic nitrogens is 2. The Bertz CT molecular complexity index is 651. The van der Waals surface area contributed by atoms with Crippen molar-refractivity contribution in [3.05, 3.63) is 35.9 Å². The number of hydrogen-bond acceptors (Lipinski definition) is 5. The van der Waals surface area contributed by atoms with Crippen LogP contribution in [-0.2, 0) is 0 Å². The van der Waals surface area contributed by atoms with Gasteiger partial charge in [0.2, 0.25) is 11.8 Å². The highest BCUT2D eigenvalue weighted by molar-refractivity contribution is 5.61. The Labute approximate surface area is 137 Å². The second-order valence-corrected chi connectivity index (χ2v) is 6.05. The third-order valence-corrected chi connectivity index (χ3v) is 4.56. The van der Waals surface area contributed by atoms with Crippen LogP contribution in [0, 0.1) is 0 Å². The molecular weight excluding hydrogens is 288 g/mol. The lowest BCUT2D eigenvalue weighted by atomic mass is 10.0. The van der Waals surface area contributed by atoms with Crippen molar-refractivity contribution in [1.29, 1.82) is 0 Å². The van der Waals surface area contributed by atoms with E-state index in [1.54, 1.807) is 13.2 Å². The largest absolute Gasteiger partial charge is 0.481 e. The van der Waals surface area contributed by atoms with Crippen LogP contribution in [0.15, 0.2) is 30.3 Å². The van der Waals surface area contributed by atoms with E-state index in [-0.39, 0.29) is 5.95 Å². The van der Waals surface area contributed by atoms with E-state index in [4.69, 9.17) is 10.5 Å². The first-order valence-corrected chi connectivity index (χ1v) is 8.20. The molecule has 0 aliphatic carbocycles. The molecule has 0 spiro atoms. The number of piperidine rings is 1. The van der Waals surface area contributed by atoms with Crippen LogP contribution in [0.4, 0.5) is 5.95 Å². The lowest BCUT2D eigenvalue weighted by Gasteiger charge is -2.32. The molecule has 1 fully saturated rings. The second-order valence-electron chi connectivity index (χ2n) is 6.05. The minimum Gasteiger partial charge on any atom is -0.481 e. The van der Waals surface area contributed by atoms with Gasteiger partial charge in [0.05, 0.1) is 12.8 Å². The van der Waals surface area contributed by atoms with Crippen molar-refractivity contribution >= 4 is 5.95 Å². The number of hydrogen-bond donors (Lipinski definition) is 1. The van der Waals surface area contributed by atoms with E-state index >= 15 is 0 Å². The zero-order valence-corrected chi connectivity index (χ0v) is 13.8. The van der Waals surface area contributed by atoms with Crippen LogP contribution in [0.3, 0.4) is 0 Å². The molecule has 1 aliphatic rings. The molecule has 1 saturated heterocycles. The molecule has 0 bridgehead atoms. The van der Waals surface area contributed by atoms with Crippen LogP contribution < -0.4 is 10.5 Å². The molecule has 0 saturated carbocycles. The molecular formula is C18H24N4O. The van der Waals surface area contributed by atoms with Gasteiger partial charge < -0.3 is 10.5 Å². The van der Waals surface area contributed by atoms with Crippen LogP contribution in [0.5, 0.6) is 5.88 Å². The number of benzene rings is 1. The van der Waals surface area contributed by atoms with Crippen LogP contribution in [0.2, 0.25) is 0 Å². The molecule has 2 heterocycles. The van der Waals surface area contributed by atoms with Gasteiger partial charge in [-0.15, -0.1) is 0 Å². The molecule has 5 nitrogen and oxygen atoms in total. The lowest BCUT2D eigenvalue weighted by Crippen LogP contribution is -2.32. The summed E-state index contributed by atoms with van der Waals surface area (Å²) in [5.74, 6) is 0.711. The summed E-state index contributed by atoms with van der Waals surface area (Å²) in [5.41, 5.74) is 8.88. The Kier molecular flexibility index (Phi) is 4.76. The fraction of sp³-hybridized carbons (Fsp3) is 0.444. The molecule has 122 valence electrons. The summed E-state index contributed by atoms with van der Waals surface area (Å²) >= 11 is 0. The standard InChI is InChI=1S/C18H24N4O/c1-13(22-10-4-3-5-11-22)14-6-8-15(9-7-14)16-12-17(23-2)21-18(19)20-16/h6-9,12-13H,3-5,10-11H2,1-2H3,(H2,19,20,21). The first-order chi connectivity index (χ1) is 11.2. The zero-order valence-electron chi connectivity index (χ0n) is 13.8. The Morgan fingerprint density at radius 2 is 1.78 bits per heavy atom. The number of likely N-dealkylation sites (tertiary alicyclic amines) is 1. The predicted octanol–water partition coefficient (Wildman–Crippen LogP) is 3.28. The van der Waals surface area contributed by atoms with E-state index in [2.05, 4.69) is 46.1 Å². The van der Waals surface area contributed by atoms with Gasteiger partial charge in [-0.3, -0.25) is 4.90 Å². The van der Waals surface area contributed by atoms with Crippen molar-refractivity contribution in [3.63, 3.8) is 0 Å². The Morgan fingerprint density at radius 3 is 2.43 bits per heavy atom. The molecule has 1 atom stereocenters. The molecule has 0 radical (unpaired) electrons. The maximum atomic E-state index is 5.74. The maximum Gasteiger partial charge on any atom is 0.223 e. The quantitative estimate of drug-likeness (QED) is 0.938. The van der Waals surface area contributed by atoms with Crippen LogP contribution in [0.25, 0.3) is 11.3 Å². The third-order valence-electron chi connectivity index (χ3n) is 4.56. The number of anilines is 1. The van der Waals surface area contributed by atoms with Crippen molar-refractivity contribution in [3.8, 4) is 17.1 Å². The molecule has 0 amide bonds. The molecule has 1 aliphatic heterocycles. The topological polar surface area (TPSA) is 64.3 Å². The van der Waals surface area contributed by atoms with Crippen LogP contribution >= 0.6 is 0 Å². The van der Waals surface area contributed by atoms with Crippen LogP contribution in [0.1, 0.15) is 37.8 Å². The average Bonchev–Trinajstić information content (AvgIpc) is 2.61. The smallest absolute Gasteiger partial charge is 0.223 e. The van der Waals surface area contributed by atoms with Crippen molar-refractivity contribution in [2.75, 3.05) is 25.9 Å². The summed E-state index contributed by atoms with van der Waals surface area (Å²) in [6, 6.07) is 10.8. The highest BCUT2D eigenvalue weighted by atomic mass is 16.5. The summed E-state index contributed by atoms with van der Waals surface area (Å²) in [5, 5.41) is 0. The zero-order chi connectivity index (χ0) is 16.2. The van der Waals surface area contributed by atoms with Gasteiger partial charge in [-0.05, 0) is 38.4 Å². The van der Waals surface area contributed by atoms with Crippen molar-refractivity contribution in [1.82, 2.24) is 14.9 Å². The minimum absolute atomic E-state index is 0.227. The van der Waals surface area contributed by atoms with Gasteiger partial charge in [0.25, 0.3) is 0 Å². The van der Waals surface area contributed by atoms with Gasteiger partial charge in [-0.2, -0.15) is 4.98 Å². The minimum atomic E-state index is 0.227. The average molecular weight is 312 g/mol. The first kappa shape index (κ1) is 15.7. The van der Waals surface area contributed by atoms with E-state index in [0.29, 0.717) is 11.9 Å². The molecule has 2 aromatic rings. The Balaban J connectivity index is 1.80. The number of ether oxygens (including phenoxy) is 1. The van der Waals surface area contributed by atoms with Gasteiger partial charge >= 0.3 is 0 Å². The molecule has 2 N–H and O–H groups in total. The summed E-state index contributed by atoms with van der Waals surface area (Å²) in [7, 11) is 1.58. The van der Waals surface area contributed by atoms with E-state index in [1.165, 1.54) is 37.9 Å². The van der Waals surface area contributed by atoms with E-state index in [9.17, 15) is 0 Å². The number of nitrogens with two attached hydrogens (primary N) is 1. The summed E-state index contributed by atoms with van der Waals surface area (Å²) < 4.78 is 5.16. The molecule has 23 heavy (non-hydrogen) atoms. The fourth-order valence-corrected chi connectivity index (χ4v) is 3.14. The summed E-state index contributed by atoms with van der Waals surface area (Å²) in [6.07, 6.45) is 3.98. The van der Waals surface area contributed by atoms with Crippen molar-refractivity contribution in [2.24, 2.45) is 0 Å². The Morgan fingerprint density at radius 1 is 1.09 bits per heavy atom.